The summed E-state index contributed by atoms with van der Waals surface area (Å²) in [5.41, 5.74) is 6.41. The van der Waals surface area contributed by atoms with Crippen LogP contribution in [-0.2, 0) is 0 Å². The molecule has 0 amide bonds. The van der Waals surface area contributed by atoms with E-state index >= 15 is 0 Å². The molecule has 1 nitrogen and oxygen atoms in total. The predicted molar refractivity (Wildman–Crippen MR) is 88.5 cm³/mol. The van der Waals surface area contributed by atoms with Crippen LogP contribution in [0, 0.1) is 5.92 Å². The summed E-state index contributed by atoms with van der Waals surface area (Å²) in [5.74, 6) is 0.936. The van der Waals surface area contributed by atoms with Crippen molar-refractivity contribution in [3.63, 3.8) is 0 Å². The molecule has 0 heterocycles. The maximum absolute atomic E-state index is 6.32. The van der Waals surface area contributed by atoms with Crippen molar-refractivity contribution in [3.05, 3.63) is 0 Å². The lowest BCUT2D eigenvalue weighted by atomic mass is 9.89. The molecule has 0 saturated heterocycles. The van der Waals surface area contributed by atoms with Crippen LogP contribution in [0.25, 0.3) is 0 Å². The summed E-state index contributed by atoms with van der Waals surface area (Å²) < 4.78 is 0. The third-order valence-corrected chi connectivity index (χ3v) is 4.33. The SMILES string of the molecule is CCCCC(C)(N)CCCCCCCC(C)CCC. The molecule has 0 aliphatic rings. The molecule has 0 aliphatic carbocycles. The molecule has 0 fully saturated rings. The number of nitrogens with two attached hydrogens (primary N) is 1. The summed E-state index contributed by atoms with van der Waals surface area (Å²) in [6.07, 6.45) is 16.1. The van der Waals surface area contributed by atoms with Crippen LogP contribution in [0.2, 0.25) is 0 Å². The number of hydrogen-bond acceptors (Lipinski definition) is 1. The van der Waals surface area contributed by atoms with Crippen molar-refractivity contribution < 1.29 is 0 Å². The molecule has 0 bridgehead atoms. The van der Waals surface area contributed by atoms with Crippen molar-refractivity contribution in [2.24, 2.45) is 11.7 Å². The Morgan fingerprint density at radius 1 is 0.789 bits per heavy atom. The molecule has 0 spiro atoms. The van der Waals surface area contributed by atoms with Gasteiger partial charge in [-0.05, 0) is 25.7 Å². The molecule has 0 aromatic carbocycles. The normalized spacial score (nSPS) is 16.3. The highest BCUT2D eigenvalue weighted by Gasteiger charge is 2.16. The summed E-state index contributed by atoms with van der Waals surface area (Å²) in [5, 5.41) is 0. The third-order valence-electron chi connectivity index (χ3n) is 4.33. The van der Waals surface area contributed by atoms with Gasteiger partial charge < -0.3 is 5.73 Å². The minimum atomic E-state index is 0.0889. The first-order valence-electron chi connectivity index (χ1n) is 8.80. The van der Waals surface area contributed by atoms with Gasteiger partial charge in [-0.15, -0.1) is 0 Å². The van der Waals surface area contributed by atoms with Crippen molar-refractivity contribution in [1.82, 2.24) is 0 Å². The molecule has 116 valence electrons. The summed E-state index contributed by atoms with van der Waals surface area (Å²) in [6, 6.07) is 0. The Balaban J connectivity index is 3.35. The minimum Gasteiger partial charge on any atom is -0.325 e. The van der Waals surface area contributed by atoms with E-state index in [0.29, 0.717) is 0 Å². The van der Waals surface area contributed by atoms with E-state index in [2.05, 4.69) is 27.7 Å². The van der Waals surface area contributed by atoms with Gasteiger partial charge in [0.15, 0.2) is 0 Å². The highest BCUT2D eigenvalue weighted by Crippen LogP contribution is 2.20. The van der Waals surface area contributed by atoms with Crippen molar-refractivity contribution >= 4 is 0 Å². The Morgan fingerprint density at radius 3 is 2.00 bits per heavy atom. The lowest BCUT2D eigenvalue weighted by Crippen LogP contribution is -2.35. The number of hydrogen-bond donors (Lipinski definition) is 1. The van der Waals surface area contributed by atoms with Gasteiger partial charge in [0.25, 0.3) is 0 Å². The smallest absolute Gasteiger partial charge is 0.0125 e. The molecular weight excluding hydrogens is 230 g/mol. The second-order valence-electron chi connectivity index (χ2n) is 6.96. The highest BCUT2D eigenvalue weighted by atomic mass is 14.7. The first-order chi connectivity index (χ1) is 9.02. The average molecular weight is 270 g/mol. The second-order valence-corrected chi connectivity index (χ2v) is 6.96. The maximum Gasteiger partial charge on any atom is 0.0125 e. The molecule has 2 unspecified atom stereocenters. The molecular formula is C18H39N. The van der Waals surface area contributed by atoms with E-state index in [0.717, 1.165) is 5.92 Å². The predicted octanol–water partition coefficient (Wildman–Crippen LogP) is 6.06. The zero-order valence-electron chi connectivity index (χ0n) is 14.1. The van der Waals surface area contributed by atoms with Crippen molar-refractivity contribution in [2.75, 3.05) is 0 Å². The Bertz CT molecular complexity index is 186. The molecule has 2 N–H and O–H groups in total. The van der Waals surface area contributed by atoms with Gasteiger partial charge in [-0.2, -0.15) is 0 Å². The summed E-state index contributed by atoms with van der Waals surface area (Å²) in [7, 11) is 0. The molecule has 0 saturated carbocycles. The van der Waals surface area contributed by atoms with E-state index in [1.54, 1.807) is 0 Å². The van der Waals surface area contributed by atoms with Crippen molar-refractivity contribution in [2.45, 2.75) is 110 Å². The van der Waals surface area contributed by atoms with Crippen LogP contribution in [0.5, 0.6) is 0 Å². The third kappa shape index (κ3) is 12.7. The number of unbranched alkanes of at least 4 members (excludes halogenated alkanes) is 5. The van der Waals surface area contributed by atoms with Gasteiger partial charge >= 0.3 is 0 Å². The first-order valence-corrected chi connectivity index (χ1v) is 8.80. The monoisotopic (exact) mass is 269 g/mol. The fourth-order valence-electron chi connectivity index (χ4n) is 2.89. The van der Waals surface area contributed by atoms with E-state index in [4.69, 9.17) is 5.73 Å². The molecule has 0 aliphatic heterocycles. The van der Waals surface area contributed by atoms with Crippen LogP contribution in [0.1, 0.15) is 105 Å². The van der Waals surface area contributed by atoms with E-state index < -0.39 is 0 Å². The van der Waals surface area contributed by atoms with Gasteiger partial charge in [-0.1, -0.05) is 85.0 Å². The summed E-state index contributed by atoms with van der Waals surface area (Å²) in [6.45, 7) is 9.17. The zero-order chi connectivity index (χ0) is 14.6. The minimum absolute atomic E-state index is 0.0889. The van der Waals surface area contributed by atoms with Crippen LogP contribution < -0.4 is 5.73 Å². The lowest BCUT2D eigenvalue weighted by molar-refractivity contribution is 0.368. The first kappa shape index (κ1) is 19.0. The van der Waals surface area contributed by atoms with Gasteiger partial charge in [0.2, 0.25) is 0 Å². The van der Waals surface area contributed by atoms with E-state index in [-0.39, 0.29) is 5.54 Å². The van der Waals surface area contributed by atoms with Gasteiger partial charge in [0, 0.05) is 5.54 Å². The molecule has 19 heavy (non-hydrogen) atoms. The Hall–Kier alpha value is -0.0400. The molecule has 0 aromatic heterocycles. The van der Waals surface area contributed by atoms with Crippen LogP contribution in [0.4, 0.5) is 0 Å². The van der Waals surface area contributed by atoms with E-state index in [9.17, 15) is 0 Å². The van der Waals surface area contributed by atoms with Crippen LogP contribution >= 0.6 is 0 Å². The molecule has 2 atom stereocenters. The Kier molecular flexibility index (Phi) is 11.7. The van der Waals surface area contributed by atoms with Crippen molar-refractivity contribution in [3.8, 4) is 0 Å². The maximum atomic E-state index is 6.32. The molecule has 0 radical (unpaired) electrons. The van der Waals surface area contributed by atoms with Gasteiger partial charge in [0.05, 0.1) is 0 Å². The summed E-state index contributed by atoms with van der Waals surface area (Å²) >= 11 is 0. The topological polar surface area (TPSA) is 26.0 Å². The van der Waals surface area contributed by atoms with Gasteiger partial charge in [-0.3, -0.25) is 0 Å². The molecule has 0 rings (SSSR count). The van der Waals surface area contributed by atoms with Crippen LogP contribution in [0.15, 0.2) is 0 Å². The Morgan fingerprint density at radius 2 is 1.37 bits per heavy atom. The van der Waals surface area contributed by atoms with Gasteiger partial charge in [-0.25, -0.2) is 0 Å². The summed E-state index contributed by atoms with van der Waals surface area (Å²) in [4.78, 5) is 0. The lowest BCUT2D eigenvalue weighted by Gasteiger charge is -2.24. The quantitative estimate of drug-likeness (QED) is 0.404. The Labute approximate surface area is 122 Å². The molecule has 1 heteroatoms. The zero-order valence-corrected chi connectivity index (χ0v) is 14.1. The second kappa shape index (κ2) is 11.8. The van der Waals surface area contributed by atoms with Crippen molar-refractivity contribution in [1.29, 1.82) is 0 Å². The highest BCUT2D eigenvalue weighted by molar-refractivity contribution is 4.77. The average Bonchev–Trinajstić information content (AvgIpc) is 2.35. The van der Waals surface area contributed by atoms with E-state index in [1.807, 2.05) is 0 Å². The fraction of sp³-hybridized carbons (Fsp3) is 1.00. The number of rotatable bonds is 13. The fourth-order valence-corrected chi connectivity index (χ4v) is 2.89. The standard InChI is InChI=1S/C18H39N/c1-5-7-15-18(4,19)16-12-10-8-9-11-14-17(3)13-6-2/h17H,5-16,19H2,1-4H3. The largest absolute Gasteiger partial charge is 0.325 e. The van der Waals surface area contributed by atoms with E-state index in [1.165, 1.54) is 77.0 Å². The van der Waals surface area contributed by atoms with Crippen LogP contribution in [-0.4, -0.2) is 5.54 Å². The van der Waals surface area contributed by atoms with Gasteiger partial charge in [0.1, 0.15) is 0 Å². The molecule has 0 aromatic rings. The van der Waals surface area contributed by atoms with Crippen LogP contribution in [0.3, 0.4) is 0 Å².